The molecular formula is C51H58N2. The van der Waals surface area contributed by atoms with Crippen molar-refractivity contribution in [1.29, 1.82) is 0 Å². The molecule has 1 saturated carbocycles. The maximum atomic E-state index is 3.11. The van der Waals surface area contributed by atoms with Gasteiger partial charge in [0.1, 0.15) is 0 Å². The van der Waals surface area contributed by atoms with E-state index in [0.29, 0.717) is 47.8 Å². The van der Waals surface area contributed by atoms with Gasteiger partial charge in [0, 0.05) is 46.8 Å². The topological polar surface area (TPSA) is 6.48 Å². The molecule has 272 valence electrons. The quantitative estimate of drug-likeness (QED) is 0.293. The van der Waals surface area contributed by atoms with Crippen LogP contribution in [0.5, 0.6) is 0 Å². The van der Waals surface area contributed by atoms with Crippen LogP contribution in [0.25, 0.3) is 0 Å². The van der Waals surface area contributed by atoms with Crippen LogP contribution in [0.15, 0.2) is 137 Å². The molecule has 9 aliphatic rings. The molecule has 2 nitrogen and oxygen atoms in total. The van der Waals surface area contributed by atoms with Gasteiger partial charge in [0.25, 0.3) is 0 Å². The normalized spacial score (nSPS) is 36.7. The molecule has 2 aromatic rings. The van der Waals surface area contributed by atoms with E-state index >= 15 is 0 Å². The van der Waals surface area contributed by atoms with Crippen LogP contribution in [0.1, 0.15) is 120 Å². The number of hydrogen-bond acceptors (Lipinski definition) is 2. The van der Waals surface area contributed by atoms with Gasteiger partial charge in [-0.1, -0.05) is 105 Å². The Labute approximate surface area is 318 Å². The lowest BCUT2D eigenvalue weighted by Gasteiger charge is -2.42. The molecule has 9 atom stereocenters. The third-order valence-corrected chi connectivity index (χ3v) is 15.9. The van der Waals surface area contributed by atoms with Gasteiger partial charge in [0.2, 0.25) is 0 Å². The van der Waals surface area contributed by atoms with Gasteiger partial charge in [0.05, 0.1) is 6.04 Å². The van der Waals surface area contributed by atoms with E-state index in [9.17, 15) is 0 Å². The predicted molar refractivity (Wildman–Crippen MR) is 220 cm³/mol. The maximum Gasteiger partial charge on any atom is 0.0585 e. The second kappa shape index (κ2) is 12.7. The Kier molecular flexibility index (Phi) is 7.87. The van der Waals surface area contributed by atoms with Crippen molar-refractivity contribution < 1.29 is 0 Å². The van der Waals surface area contributed by atoms with Crippen LogP contribution in [0.3, 0.4) is 0 Å². The second-order valence-corrected chi connectivity index (χ2v) is 18.6. The van der Waals surface area contributed by atoms with Crippen molar-refractivity contribution in [3.05, 3.63) is 148 Å². The molecule has 0 aromatic heterocycles. The summed E-state index contributed by atoms with van der Waals surface area (Å²) in [6.45, 7) is 4.94. The zero-order valence-corrected chi connectivity index (χ0v) is 32.1. The number of rotatable bonds is 4. The van der Waals surface area contributed by atoms with Crippen molar-refractivity contribution >= 4 is 5.69 Å². The molecule has 2 aliphatic heterocycles. The zero-order valence-electron chi connectivity index (χ0n) is 32.1. The molecule has 2 heteroatoms. The number of para-hydroxylation sites is 1. The van der Waals surface area contributed by atoms with Crippen LogP contribution >= 0.6 is 0 Å². The van der Waals surface area contributed by atoms with Crippen molar-refractivity contribution in [2.75, 3.05) is 4.90 Å². The first-order valence-electron chi connectivity index (χ1n) is 21.7. The highest BCUT2D eigenvalue weighted by Crippen LogP contribution is 2.58. The van der Waals surface area contributed by atoms with Crippen LogP contribution in [0, 0.1) is 23.2 Å². The number of likely N-dealkylation sites (tertiary alicyclic amines) is 1. The fourth-order valence-electron chi connectivity index (χ4n) is 13.8. The highest BCUT2D eigenvalue weighted by Gasteiger charge is 2.53. The molecule has 0 radical (unpaired) electrons. The molecule has 11 rings (SSSR count). The van der Waals surface area contributed by atoms with Crippen LogP contribution in [-0.4, -0.2) is 29.1 Å². The van der Waals surface area contributed by atoms with Gasteiger partial charge in [-0.3, -0.25) is 4.90 Å². The minimum absolute atomic E-state index is 0.153. The van der Waals surface area contributed by atoms with Gasteiger partial charge in [-0.05, 0) is 152 Å². The van der Waals surface area contributed by atoms with E-state index in [1.807, 2.05) is 0 Å². The molecule has 2 heterocycles. The van der Waals surface area contributed by atoms with Gasteiger partial charge >= 0.3 is 0 Å². The number of benzene rings is 2. The fraction of sp³-hybridized carbons (Fsp3) is 0.490. The average molecular weight is 699 g/mol. The Morgan fingerprint density at radius 3 is 2.40 bits per heavy atom. The van der Waals surface area contributed by atoms with E-state index < -0.39 is 0 Å². The predicted octanol–water partition coefficient (Wildman–Crippen LogP) is 12.3. The zero-order chi connectivity index (χ0) is 35.3. The Morgan fingerprint density at radius 1 is 0.679 bits per heavy atom. The van der Waals surface area contributed by atoms with Crippen molar-refractivity contribution in [3.8, 4) is 0 Å². The summed E-state index contributed by atoms with van der Waals surface area (Å²) in [6.07, 6.45) is 37.0. The lowest BCUT2D eigenvalue weighted by molar-refractivity contribution is 0.109. The lowest BCUT2D eigenvalue weighted by Crippen LogP contribution is -2.47. The first kappa shape index (κ1) is 32.8. The fourth-order valence-corrected chi connectivity index (χ4v) is 13.8. The average Bonchev–Trinajstić information content (AvgIpc) is 3.81. The molecule has 7 aliphatic carbocycles. The Bertz CT molecular complexity index is 2010. The van der Waals surface area contributed by atoms with E-state index in [1.54, 1.807) is 44.7 Å². The highest BCUT2D eigenvalue weighted by molar-refractivity contribution is 5.63. The minimum atomic E-state index is 0.153. The SMILES string of the molecule is CC1(C)C2=C(CCC=C2)C2=C1C=CC(N1C3CCC=CC3C3CC(c4ccccc4C4CCCC5=C4C4CCC=CC4N5c4ccccc4)CCC31)C2. The molecule has 9 unspecified atom stereocenters. The Hall–Kier alpha value is -3.62. The molecule has 2 aromatic carbocycles. The number of anilines is 1. The summed E-state index contributed by atoms with van der Waals surface area (Å²) in [5, 5.41) is 0. The van der Waals surface area contributed by atoms with Crippen molar-refractivity contribution in [3.63, 3.8) is 0 Å². The molecule has 53 heavy (non-hydrogen) atoms. The van der Waals surface area contributed by atoms with Crippen molar-refractivity contribution in [2.24, 2.45) is 23.2 Å². The molecule has 0 N–H and O–H groups in total. The van der Waals surface area contributed by atoms with Crippen molar-refractivity contribution in [1.82, 2.24) is 4.90 Å². The first-order valence-corrected chi connectivity index (χ1v) is 21.7. The van der Waals surface area contributed by atoms with Gasteiger partial charge in [-0.25, -0.2) is 0 Å². The molecule has 0 amide bonds. The lowest BCUT2D eigenvalue weighted by atomic mass is 9.67. The summed E-state index contributed by atoms with van der Waals surface area (Å²) in [4.78, 5) is 5.86. The number of nitrogens with zero attached hydrogens (tertiary/aromatic N) is 2. The van der Waals surface area contributed by atoms with Gasteiger partial charge in [-0.15, -0.1) is 0 Å². The van der Waals surface area contributed by atoms with E-state index in [-0.39, 0.29) is 5.41 Å². The third-order valence-electron chi connectivity index (χ3n) is 15.9. The van der Waals surface area contributed by atoms with Gasteiger partial charge in [-0.2, -0.15) is 0 Å². The Morgan fingerprint density at radius 2 is 1.49 bits per heavy atom. The summed E-state index contributed by atoms with van der Waals surface area (Å²) in [5.41, 5.74) is 15.0. The maximum absolute atomic E-state index is 3.11. The summed E-state index contributed by atoms with van der Waals surface area (Å²) < 4.78 is 0. The van der Waals surface area contributed by atoms with Crippen molar-refractivity contribution in [2.45, 2.75) is 133 Å². The summed E-state index contributed by atoms with van der Waals surface area (Å²) >= 11 is 0. The second-order valence-electron chi connectivity index (χ2n) is 18.6. The monoisotopic (exact) mass is 698 g/mol. The minimum Gasteiger partial charge on any atom is -0.338 e. The highest BCUT2D eigenvalue weighted by atomic mass is 15.3. The van der Waals surface area contributed by atoms with E-state index in [2.05, 4.69) is 127 Å². The summed E-state index contributed by atoms with van der Waals surface area (Å²) in [5.74, 6) is 3.32. The molecule has 0 spiro atoms. The van der Waals surface area contributed by atoms with Gasteiger partial charge in [0.15, 0.2) is 0 Å². The molecule has 2 fully saturated rings. The van der Waals surface area contributed by atoms with E-state index in [4.69, 9.17) is 0 Å². The number of hydrogen-bond donors (Lipinski definition) is 0. The standard InChI is InChI=1S/C51H58N2/c1-51(2)44-23-11-8-19-38(44)42-32-35(28-29-45(42)51)53-46-24-12-9-20-39(46)43-31-33(27-30-48(43)53)36-17-6-7-18-37(36)40-22-14-26-49-50(40)41-21-10-13-25-47(41)52(49)34-15-4-3-5-16-34/h3-7,9,11,13,15-18,20,23,25,28-29,33,35,39-41,43,46-48H,8,10,12,14,19,21-22,24,26-27,30-32H2,1-2H3. The van der Waals surface area contributed by atoms with Crippen LogP contribution in [0.4, 0.5) is 5.69 Å². The summed E-state index contributed by atoms with van der Waals surface area (Å²) in [7, 11) is 0. The van der Waals surface area contributed by atoms with Crippen LogP contribution < -0.4 is 4.90 Å². The largest absolute Gasteiger partial charge is 0.338 e. The van der Waals surface area contributed by atoms with Gasteiger partial charge < -0.3 is 4.90 Å². The molecular weight excluding hydrogens is 641 g/mol. The third kappa shape index (κ3) is 4.99. The number of allylic oxidation sites excluding steroid dienone is 9. The number of fused-ring (bicyclic) bond motifs is 6. The smallest absolute Gasteiger partial charge is 0.0585 e. The van der Waals surface area contributed by atoms with Crippen LogP contribution in [-0.2, 0) is 0 Å². The van der Waals surface area contributed by atoms with E-state index in [0.717, 1.165) is 5.92 Å². The molecule has 0 bridgehead atoms. The summed E-state index contributed by atoms with van der Waals surface area (Å²) in [6, 6.07) is 23.6. The first-order chi connectivity index (χ1) is 26.1. The molecule has 1 saturated heterocycles. The van der Waals surface area contributed by atoms with Crippen LogP contribution in [0.2, 0.25) is 0 Å². The van der Waals surface area contributed by atoms with E-state index in [1.165, 1.54) is 89.2 Å². The Balaban J connectivity index is 0.903.